The van der Waals surface area contributed by atoms with E-state index in [1.807, 2.05) is 0 Å². The average Bonchev–Trinajstić information content (AvgIpc) is 3.07. The summed E-state index contributed by atoms with van der Waals surface area (Å²) in [6.45, 7) is 2.42. The molecule has 0 saturated carbocycles. The van der Waals surface area contributed by atoms with Crippen LogP contribution < -0.4 is 0 Å². The predicted molar refractivity (Wildman–Crippen MR) is 158 cm³/mol. The van der Waals surface area contributed by atoms with E-state index in [-0.39, 0.29) is 22.3 Å². The van der Waals surface area contributed by atoms with Gasteiger partial charge in [-0.2, -0.15) is 10.0 Å². The van der Waals surface area contributed by atoms with Gasteiger partial charge in [-0.05, 0) is 62.4 Å². The van der Waals surface area contributed by atoms with Gasteiger partial charge in [-0.25, -0.2) is 9.59 Å². The van der Waals surface area contributed by atoms with Crippen LogP contribution in [0.4, 0.5) is 0 Å². The molecule has 4 aromatic rings. The molecule has 44 heavy (non-hydrogen) atoms. The number of carbonyl (C=O) groups excluding carboxylic acids is 6. The maximum Gasteiger partial charge on any atom is 0.338 e. The van der Waals surface area contributed by atoms with Crippen LogP contribution in [0.5, 0.6) is 0 Å². The Kier molecular flexibility index (Phi) is 10.1. The number of esters is 2. The Bertz CT molecular complexity index is 1520. The fourth-order valence-corrected chi connectivity index (χ4v) is 4.04. The predicted octanol–water partition coefficient (Wildman–Crippen LogP) is 4.73. The highest BCUT2D eigenvalue weighted by Crippen LogP contribution is 2.19. The average molecular weight is 593 g/mol. The van der Waals surface area contributed by atoms with Crippen molar-refractivity contribution >= 4 is 35.6 Å². The molecule has 0 radical (unpaired) electrons. The molecule has 4 amide bonds. The Morgan fingerprint density at radius 1 is 0.432 bits per heavy atom. The Morgan fingerprint density at radius 2 is 0.682 bits per heavy atom. The molecular weight excluding hydrogens is 564 g/mol. The summed E-state index contributed by atoms with van der Waals surface area (Å²) in [4.78, 5) is 81.2. The smallest absolute Gasteiger partial charge is 0.338 e. The molecule has 2 atom stereocenters. The van der Waals surface area contributed by atoms with Gasteiger partial charge in [0.05, 0.1) is 11.1 Å². The number of nitrogens with zero attached hydrogens (tertiary/aromatic N) is 2. The van der Waals surface area contributed by atoms with Crippen LogP contribution in [0.2, 0.25) is 0 Å². The van der Waals surface area contributed by atoms with E-state index in [0.717, 1.165) is 0 Å². The maximum atomic E-state index is 13.9. The van der Waals surface area contributed by atoms with Gasteiger partial charge in [-0.15, -0.1) is 0 Å². The zero-order chi connectivity index (χ0) is 31.6. The van der Waals surface area contributed by atoms with Crippen LogP contribution in [-0.2, 0) is 19.1 Å². The molecule has 10 heteroatoms. The van der Waals surface area contributed by atoms with Gasteiger partial charge >= 0.3 is 11.9 Å². The first-order valence-electron chi connectivity index (χ1n) is 13.6. The van der Waals surface area contributed by atoms with E-state index in [0.29, 0.717) is 10.0 Å². The van der Waals surface area contributed by atoms with E-state index >= 15 is 0 Å². The SMILES string of the molecule is C[C@H](OC(=O)c1ccccc1)C(=O)N(C(=O)c1ccccc1)N(C(=O)c1ccccc1)C(=O)[C@H](C)OC(=O)c1ccccc1. The number of hydrogen-bond donors (Lipinski definition) is 0. The first-order chi connectivity index (χ1) is 21.2. The molecule has 0 aliphatic rings. The van der Waals surface area contributed by atoms with Gasteiger partial charge in [0.1, 0.15) is 0 Å². The summed E-state index contributed by atoms with van der Waals surface area (Å²) in [5.41, 5.74) is 0.190. The summed E-state index contributed by atoms with van der Waals surface area (Å²) < 4.78 is 10.7. The molecule has 0 spiro atoms. The van der Waals surface area contributed by atoms with E-state index in [4.69, 9.17) is 9.47 Å². The molecule has 0 bridgehead atoms. The fourth-order valence-electron chi connectivity index (χ4n) is 4.04. The molecule has 0 aliphatic heterocycles. The number of imide groups is 2. The summed E-state index contributed by atoms with van der Waals surface area (Å²) in [7, 11) is 0. The lowest BCUT2D eigenvalue weighted by Gasteiger charge is -2.34. The topological polar surface area (TPSA) is 127 Å². The van der Waals surface area contributed by atoms with E-state index < -0.39 is 47.8 Å². The molecule has 0 aliphatic carbocycles. The van der Waals surface area contributed by atoms with Crippen molar-refractivity contribution in [1.29, 1.82) is 0 Å². The van der Waals surface area contributed by atoms with Crippen LogP contribution in [0.25, 0.3) is 0 Å². The van der Waals surface area contributed by atoms with Crippen molar-refractivity contribution in [2.24, 2.45) is 0 Å². The lowest BCUT2D eigenvalue weighted by atomic mass is 10.1. The second-order valence-corrected chi connectivity index (χ2v) is 9.47. The van der Waals surface area contributed by atoms with Gasteiger partial charge in [0.25, 0.3) is 23.6 Å². The van der Waals surface area contributed by atoms with Gasteiger partial charge in [0, 0.05) is 11.1 Å². The lowest BCUT2D eigenvalue weighted by molar-refractivity contribution is -0.161. The molecule has 4 rings (SSSR count). The van der Waals surface area contributed by atoms with E-state index in [2.05, 4.69) is 0 Å². The van der Waals surface area contributed by atoms with Crippen LogP contribution in [0.1, 0.15) is 55.3 Å². The largest absolute Gasteiger partial charge is 0.449 e. The lowest BCUT2D eigenvalue weighted by Crippen LogP contribution is -2.60. The Hall–Kier alpha value is -5.90. The van der Waals surface area contributed by atoms with Crippen molar-refractivity contribution in [3.8, 4) is 0 Å². The first kappa shape index (κ1) is 31.0. The second kappa shape index (κ2) is 14.3. The molecule has 222 valence electrons. The molecule has 0 unspecified atom stereocenters. The molecule has 0 aromatic heterocycles. The monoisotopic (exact) mass is 592 g/mol. The van der Waals surface area contributed by atoms with Crippen LogP contribution >= 0.6 is 0 Å². The molecule has 4 aromatic carbocycles. The summed E-state index contributed by atoms with van der Waals surface area (Å²) >= 11 is 0. The molecule has 0 saturated heterocycles. The summed E-state index contributed by atoms with van der Waals surface area (Å²) in [5, 5.41) is 0.644. The first-order valence-corrected chi connectivity index (χ1v) is 13.6. The molecule has 0 fully saturated rings. The number of ether oxygens (including phenoxy) is 2. The highest BCUT2D eigenvalue weighted by atomic mass is 16.6. The Balaban J connectivity index is 1.75. The van der Waals surface area contributed by atoms with Gasteiger partial charge in [-0.1, -0.05) is 72.8 Å². The third-order valence-corrected chi connectivity index (χ3v) is 6.33. The van der Waals surface area contributed by atoms with E-state index in [1.54, 1.807) is 48.5 Å². The zero-order valence-electron chi connectivity index (χ0n) is 23.9. The minimum absolute atomic E-state index is 0.0463. The van der Waals surface area contributed by atoms with Crippen molar-refractivity contribution in [2.45, 2.75) is 26.1 Å². The summed E-state index contributed by atoms with van der Waals surface area (Å²) in [5.74, 6) is -6.23. The molecule has 10 nitrogen and oxygen atoms in total. The number of hydrazine groups is 1. The number of rotatable bonds is 8. The van der Waals surface area contributed by atoms with Gasteiger partial charge in [0.2, 0.25) is 0 Å². The summed E-state index contributed by atoms with van der Waals surface area (Å²) in [6.07, 6.45) is -3.26. The molecule has 0 N–H and O–H groups in total. The maximum absolute atomic E-state index is 13.9. The van der Waals surface area contributed by atoms with Crippen LogP contribution in [0, 0.1) is 0 Å². The van der Waals surface area contributed by atoms with Crippen LogP contribution in [0.3, 0.4) is 0 Å². The van der Waals surface area contributed by atoms with Gasteiger partial charge in [0.15, 0.2) is 12.2 Å². The van der Waals surface area contributed by atoms with Gasteiger partial charge < -0.3 is 9.47 Å². The summed E-state index contributed by atoms with van der Waals surface area (Å²) in [6, 6.07) is 30.6. The number of amides is 4. The normalized spacial score (nSPS) is 11.8. The quantitative estimate of drug-likeness (QED) is 0.212. The standard InChI is InChI=1S/C34H28N2O8/c1-23(43-33(41)27-19-11-5-12-20-27)29(37)35(31(39)25-15-7-3-8-16-25)36(32(40)26-17-9-4-10-18-26)30(38)24(2)44-34(42)28-21-13-6-14-22-28/h3-24H,1-2H3/t23-,24-/m0/s1. The number of benzene rings is 4. The Labute approximate surface area is 253 Å². The van der Waals surface area contributed by atoms with E-state index in [9.17, 15) is 28.8 Å². The minimum atomic E-state index is -1.63. The minimum Gasteiger partial charge on any atom is -0.449 e. The zero-order valence-corrected chi connectivity index (χ0v) is 23.9. The molecule has 0 heterocycles. The third kappa shape index (κ3) is 7.29. The van der Waals surface area contributed by atoms with Crippen molar-refractivity contribution in [3.63, 3.8) is 0 Å². The third-order valence-electron chi connectivity index (χ3n) is 6.33. The van der Waals surface area contributed by atoms with Crippen molar-refractivity contribution in [2.75, 3.05) is 0 Å². The Morgan fingerprint density at radius 3 is 0.955 bits per heavy atom. The fraction of sp³-hybridized carbons (Fsp3) is 0.118. The van der Waals surface area contributed by atoms with Crippen molar-refractivity contribution in [3.05, 3.63) is 144 Å². The van der Waals surface area contributed by atoms with Crippen LogP contribution in [-0.4, -0.2) is 57.8 Å². The number of hydrogen-bond acceptors (Lipinski definition) is 8. The van der Waals surface area contributed by atoms with Crippen molar-refractivity contribution < 1.29 is 38.2 Å². The van der Waals surface area contributed by atoms with Crippen molar-refractivity contribution in [1.82, 2.24) is 10.0 Å². The van der Waals surface area contributed by atoms with E-state index in [1.165, 1.54) is 86.6 Å². The van der Waals surface area contributed by atoms with Gasteiger partial charge in [-0.3, -0.25) is 19.2 Å². The number of carbonyl (C=O) groups is 6. The highest BCUT2D eigenvalue weighted by Gasteiger charge is 2.43. The molecular formula is C34H28N2O8. The second-order valence-electron chi connectivity index (χ2n) is 9.47. The van der Waals surface area contributed by atoms with Crippen LogP contribution in [0.15, 0.2) is 121 Å². The highest BCUT2D eigenvalue weighted by molar-refractivity contribution is 6.14.